The predicted octanol–water partition coefficient (Wildman–Crippen LogP) is 3.83. The van der Waals surface area contributed by atoms with Gasteiger partial charge in [-0.3, -0.25) is 14.6 Å². The number of fused-ring (bicyclic) bond motifs is 1. The summed E-state index contributed by atoms with van der Waals surface area (Å²) in [5.41, 5.74) is 5.37. The normalized spacial score (nSPS) is 20.5. The average molecular weight is 382 g/mol. The van der Waals surface area contributed by atoms with E-state index in [0.29, 0.717) is 6.04 Å². The van der Waals surface area contributed by atoms with E-state index in [9.17, 15) is 4.79 Å². The van der Waals surface area contributed by atoms with E-state index >= 15 is 0 Å². The molecule has 1 aliphatic carbocycles. The number of hydrogen-bond donors (Lipinski definition) is 0. The van der Waals surface area contributed by atoms with Crippen LogP contribution < -0.4 is 0 Å². The van der Waals surface area contributed by atoms with Crippen LogP contribution in [0, 0.1) is 0 Å². The Bertz CT molecular complexity index is 908. The Morgan fingerprint density at radius 2 is 1.89 bits per heavy atom. The van der Waals surface area contributed by atoms with Crippen molar-refractivity contribution in [1.82, 2.24) is 14.7 Å². The Morgan fingerprint density at radius 3 is 2.59 bits per heavy atom. The molecule has 0 spiro atoms. The summed E-state index contributed by atoms with van der Waals surface area (Å²) >= 11 is 6.64. The highest BCUT2D eigenvalue weighted by atomic mass is 35.5. The molecule has 0 unspecified atom stereocenters. The summed E-state index contributed by atoms with van der Waals surface area (Å²) in [4.78, 5) is 19.3. The molecular formula is C22H24ClN3O. The summed E-state index contributed by atoms with van der Waals surface area (Å²) in [6.07, 6.45) is 2.29. The molecule has 2 aromatic rings. The lowest BCUT2D eigenvalue weighted by Crippen LogP contribution is -2.25. The quantitative estimate of drug-likeness (QED) is 0.805. The number of carbonyl (C=O) groups is 1. The maximum atomic E-state index is 12.5. The highest BCUT2D eigenvalue weighted by Gasteiger charge is 2.38. The minimum absolute atomic E-state index is 0.191. The van der Waals surface area contributed by atoms with Crippen molar-refractivity contribution in [3.63, 3.8) is 0 Å². The van der Waals surface area contributed by atoms with Gasteiger partial charge in [0.05, 0.1) is 6.67 Å². The van der Waals surface area contributed by atoms with Crippen LogP contribution >= 0.6 is 11.6 Å². The average Bonchev–Trinajstić information content (AvgIpc) is 3.33. The molecule has 5 rings (SSSR count). The molecule has 2 aliphatic heterocycles. The van der Waals surface area contributed by atoms with Gasteiger partial charge in [0, 0.05) is 48.4 Å². The first-order valence-corrected chi connectivity index (χ1v) is 10.1. The van der Waals surface area contributed by atoms with Gasteiger partial charge >= 0.3 is 0 Å². The van der Waals surface area contributed by atoms with Crippen LogP contribution in [0.5, 0.6) is 0 Å². The molecule has 1 amide bonds. The van der Waals surface area contributed by atoms with Crippen LogP contribution in [0.1, 0.15) is 34.3 Å². The lowest BCUT2D eigenvalue weighted by atomic mass is 9.99. The number of amides is 1. The van der Waals surface area contributed by atoms with E-state index in [2.05, 4.69) is 41.1 Å². The van der Waals surface area contributed by atoms with Crippen molar-refractivity contribution >= 4 is 17.5 Å². The molecule has 0 bridgehead atoms. The summed E-state index contributed by atoms with van der Waals surface area (Å²) in [7, 11) is 2.15. The number of likely N-dealkylation sites (N-methyl/N-ethyl adjacent to an activating group) is 1. The Balaban J connectivity index is 1.37. The molecule has 1 saturated heterocycles. The third-order valence-electron chi connectivity index (χ3n) is 5.91. The molecule has 1 saturated carbocycles. The standard InChI is InChI=1S/C22H24ClN3O/c1-24-8-9-25(14-24)12-15-2-6-19(21(23)10-15)16-3-7-20-17(11-16)13-26(22(20)27)18-4-5-18/h2-3,6-7,10-11,18H,4-5,8-9,12-14H2,1H3. The maximum absolute atomic E-state index is 12.5. The zero-order valence-electron chi connectivity index (χ0n) is 15.6. The minimum Gasteiger partial charge on any atom is -0.331 e. The predicted molar refractivity (Wildman–Crippen MR) is 108 cm³/mol. The van der Waals surface area contributed by atoms with Crippen molar-refractivity contribution in [3.05, 3.63) is 58.1 Å². The fourth-order valence-electron chi connectivity index (χ4n) is 4.27. The second-order valence-corrected chi connectivity index (χ2v) is 8.53. The van der Waals surface area contributed by atoms with Crippen LogP contribution in [0.4, 0.5) is 0 Å². The lowest BCUT2D eigenvalue weighted by Gasteiger charge is -2.16. The molecule has 2 aromatic carbocycles. The van der Waals surface area contributed by atoms with Gasteiger partial charge in [0.15, 0.2) is 0 Å². The van der Waals surface area contributed by atoms with Crippen molar-refractivity contribution < 1.29 is 4.79 Å². The van der Waals surface area contributed by atoms with E-state index in [4.69, 9.17) is 11.6 Å². The first-order chi connectivity index (χ1) is 13.1. The molecule has 0 radical (unpaired) electrons. The van der Waals surface area contributed by atoms with E-state index < -0.39 is 0 Å². The molecule has 5 heteroatoms. The minimum atomic E-state index is 0.191. The lowest BCUT2D eigenvalue weighted by molar-refractivity contribution is 0.0766. The number of rotatable bonds is 4. The smallest absolute Gasteiger partial charge is 0.254 e. The molecule has 2 fully saturated rings. The van der Waals surface area contributed by atoms with Crippen LogP contribution in [0.25, 0.3) is 11.1 Å². The largest absolute Gasteiger partial charge is 0.331 e. The van der Waals surface area contributed by atoms with Crippen LogP contribution in [-0.2, 0) is 13.1 Å². The summed E-state index contributed by atoms with van der Waals surface area (Å²) in [6, 6.07) is 13.0. The molecule has 27 heavy (non-hydrogen) atoms. The summed E-state index contributed by atoms with van der Waals surface area (Å²) in [5.74, 6) is 0.191. The van der Waals surface area contributed by atoms with Crippen molar-refractivity contribution in [2.45, 2.75) is 32.0 Å². The summed E-state index contributed by atoms with van der Waals surface area (Å²) in [6.45, 7) is 4.91. The first kappa shape index (κ1) is 17.2. The zero-order valence-corrected chi connectivity index (χ0v) is 16.4. The third-order valence-corrected chi connectivity index (χ3v) is 6.23. The summed E-state index contributed by atoms with van der Waals surface area (Å²) < 4.78 is 0. The van der Waals surface area contributed by atoms with Gasteiger partial charge in [-0.1, -0.05) is 29.8 Å². The molecule has 4 nitrogen and oxygen atoms in total. The van der Waals surface area contributed by atoms with E-state index in [1.54, 1.807) is 0 Å². The van der Waals surface area contributed by atoms with E-state index in [1.165, 1.54) is 5.56 Å². The van der Waals surface area contributed by atoms with Gasteiger partial charge in [-0.15, -0.1) is 0 Å². The highest BCUT2D eigenvalue weighted by molar-refractivity contribution is 6.33. The number of nitrogens with zero attached hydrogens (tertiary/aromatic N) is 3. The van der Waals surface area contributed by atoms with Crippen molar-refractivity contribution in [2.75, 3.05) is 26.8 Å². The molecule has 2 heterocycles. The van der Waals surface area contributed by atoms with Crippen LogP contribution in [-0.4, -0.2) is 53.5 Å². The van der Waals surface area contributed by atoms with Crippen molar-refractivity contribution in [1.29, 1.82) is 0 Å². The van der Waals surface area contributed by atoms with Gasteiger partial charge in [0.2, 0.25) is 0 Å². The van der Waals surface area contributed by atoms with Gasteiger partial charge in [-0.2, -0.15) is 0 Å². The summed E-state index contributed by atoms with van der Waals surface area (Å²) in [5, 5.41) is 0.781. The van der Waals surface area contributed by atoms with Crippen LogP contribution in [0.3, 0.4) is 0 Å². The number of benzene rings is 2. The molecule has 0 N–H and O–H groups in total. The fourth-order valence-corrected chi connectivity index (χ4v) is 4.58. The second-order valence-electron chi connectivity index (χ2n) is 8.12. The SMILES string of the molecule is CN1CCN(Cc2ccc(-c3ccc4c(c3)CN(C3CC3)C4=O)c(Cl)c2)C1. The van der Waals surface area contributed by atoms with E-state index in [-0.39, 0.29) is 5.91 Å². The molecular weight excluding hydrogens is 358 g/mol. The van der Waals surface area contributed by atoms with Crippen LogP contribution in [0.15, 0.2) is 36.4 Å². The molecule has 0 atom stereocenters. The van der Waals surface area contributed by atoms with Gasteiger partial charge in [0.1, 0.15) is 0 Å². The molecule has 3 aliphatic rings. The van der Waals surface area contributed by atoms with Crippen LogP contribution in [0.2, 0.25) is 5.02 Å². The van der Waals surface area contributed by atoms with E-state index in [1.807, 2.05) is 17.0 Å². The van der Waals surface area contributed by atoms with Gasteiger partial charge in [-0.25, -0.2) is 0 Å². The Labute approximate surface area is 165 Å². The van der Waals surface area contributed by atoms with Gasteiger partial charge in [-0.05, 0) is 54.8 Å². The Morgan fingerprint density at radius 1 is 1.07 bits per heavy atom. The number of hydrogen-bond acceptors (Lipinski definition) is 3. The fraction of sp³-hybridized carbons (Fsp3) is 0.409. The maximum Gasteiger partial charge on any atom is 0.254 e. The zero-order chi connectivity index (χ0) is 18.5. The third kappa shape index (κ3) is 3.27. The van der Waals surface area contributed by atoms with Crippen molar-refractivity contribution in [2.24, 2.45) is 0 Å². The molecule has 0 aromatic heterocycles. The van der Waals surface area contributed by atoms with Gasteiger partial charge < -0.3 is 4.90 Å². The number of carbonyl (C=O) groups excluding carboxylic acids is 1. The Kier molecular flexibility index (Phi) is 4.23. The van der Waals surface area contributed by atoms with E-state index in [0.717, 1.165) is 73.0 Å². The monoisotopic (exact) mass is 381 g/mol. The number of halogens is 1. The first-order valence-electron chi connectivity index (χ1n) is 9.72. The topological polar surface area (TPSA) is 26.8 Å². The molecule has 140 valence electrons. The van der Waals surface area contributed by atoms with Gasteiger partial charge in [0.25, 0.3) is 5.91 Å². The second kappa shape index (κ2) is 6.62. The Hall–Kier alpha value is -1.88. The highest BCUT2D eigenvalue weighted by Crippen LogP contribution is 2.37. The van der Waals surface area contributed by atoms with Crippen molar-refractivity contribution in [3.8, 4) is 11.1 Å².